The van der Waals surface area contributed by atoms with Gasteiger partial charge in [-0.05, 0) is 54.7 Å². The number of hydrogen-bond donors (Lipinski definition) is 2. The summed E-state index contributed by atoms with van der Waals surface area (Å²) in [5.74, 6) is -0.139. The highest BCUT2D eigenvalue weighted by molar-refractivity contribution is 5.70. The molecule has 128 valence electrons. The monoisotopic (exact) mass is 330 g/mol. The van der Waals surface area contributed by atoms with E-state index < -0.39 is 11.9 Å². The standard InChI is InChI=1S/C19H22O5/c1-23-16-8-4-13(5-9-16)3-7-15(19(21)22)11-14-6-10-17(20)18(12-14)24-2/h4-6,8-10,12,15,20H,3,7,11H2,1-2H3,(H,21,22). The van der Waals surface area contributed by atoms with E-state index in [4.69, 9.17) is 9.47 Å². The molecule has 0 aliphatic heterocycles. The fraction of sp³-hybridized carbons (Fsp3) is 0.316. The van der Waals surface area contributed by atoms with Gasteiger partial charge in [0.1, 0.15) is 5.75 Å². The summed E-state index contributed by atoms with van der Waals surface area (Å²) in [4.78, 5) is 11.5. The van der Waals surface area contributed by atoms with E-state index in [0.717, 1.165) is 16.9 Å². The summed E-state index contributed by atoms with van der Waals surface area (Å²) in [5.41, 5.74) is 1.90. The Morgan fingerprint density at radius 2 is 1.71 bits per heavy atom. The van der Waals surface area contributed by atoms with Crippen LogP contribution >= 0.6 is 0 Å². The molecule has 2 aromatic carbocycles. The Bertz CT molecular complexity index is 679. The van der Waals surface area contributed by atoms with Gasteiger partial charge in [0.05, 0.1) is 20.1 Å². The van der Waals surface area contributed by atoms with Gasteiger partial charge in [-0.2, -0.15) is 0 Å². The summed E-state index contributed by atoms with van der Waals surface area (Å²) in [5, 5.41) is 19.1. The minimum absolute atomic E-state index is 0.0476. The second-order valence-electron chi connectivity index (χ2n) is 5.63. The zero-order chi connectivity index (χ0) is 17.5. The van der Waals surface area contributed by atoms with Gasteiger partial charge in [-0.3, -0.25) is 4.79 Å². The fourth-order valence-corrected chi connectivity index (χ4v) is 2.58. The van der Waals surface area contributed by atoms with Gasteiger partial charge < -0.3 is 19.7 Å². The third kappa shape index (κ3) is 4.65. The van der Waals surface area contributed by atoms with Crippen molar-refractivity contribution in [2.45, 2.75) is 19.3 Å². The number of carboxylic acids is 1. The molecule has 0 aliphatic rings. The number of methoxy groups -OCH3 is 2. The maximum atomic E-state index is 11.5. The van der Waals surface area contributed by atoms with E-state index in [0.29, 0.717) is 25.0 Å². The average Bonchev–Trinajstić information content (AvgIpc) is 2.60. The molecule has 0 fully saturated rings. The Morgan fingerprint density at radius 1 is 1.04 bits per heavy atom. The molecule has 0 saturated heterocycles. The number of hydrogen-bond acceptors (Lipinski definition) is 4. The van der Waals surface area contributed by atoms with Crippen LogP contribution in [-0.4, -0.2) is 30.4 Å². The molecular formula is C19H22O5. The van der Waals surface area contributed by atoms with Gasteiger partial charge in [0.2, 0.25) is 0 Å². The lowest BCUT2D eigenvalue weighted by molar-refractivity contribution is -0.141. The number of phenolic OH excluding ortho intramolecular Hbond substituents is 1. The predicted molar refractivity (Wildman–Crippen MR) is 90.8 cm³/mol. The maximum Gasteiger partial charge on any atom is 0.306 e. The molecule has 0 aliphatic carbocycles. The highest BCUT2D eigenvalue weighted by Crippen LogP contribution is 2.28. The number of carbonyl (C=O) groups is 1. The van der Waals surface area contributed by atoms with Gasteiger partial charge in [0.25, 0.3) is 0 Å². The molecule has 5 nitrogen and oxygen atoms in total. The molecule has 2 N–H and O–H groups in total. The van der Waals surface area contributed by atoms with Gasteiger partial charge in [-0.25, -0.2) is 0 Å². The maximum absolute atomic E-state index is 11.5. The van der Waals surface area contributed by atoms with Crippen molar-refractivity contribution < 1.29 is 24.5 Å². The predicted octanol–water partition coefficient (Wildman–Crippen LogP) is 3.29. The number of aryl methyl sites for hydroxylation is 1. The minimum atomic E-state index is -0.824. The van der Waals surface area contributed by atoms with E-state index in [1.54, 1.807) is 19.2 Å². The van der Waals surface area contributed by atoms with E-state index >= 15 is 0 Å². The smallest absolute Gasteiger partial charge is 0.306 e. The van der Waals surface area contributed by atoms with Crippen molar-refractivity contribution in [2.75, 3.05) is 14.2 Å². The quantitative estimate of drug-likeness (QED) is 0.777. The van der Waals surface area contributed by atoms with Crippen LogP contribution in [0.4, 0.5) is 0 Å². The Hall–Kier alpha value is -2.69. The van der Waals surface area contributed by atoms with Crippen molar-refractivity contribution in [3.63, 3.8) is 0 Å². The number of rotatable bonds is 8. The molecule has 1 atom stereocenters. The SMILES string of the molecule is COc1ccc(CCC(Cc2ccc(O)c(OC)c2)C(=O)O)cc1. The summed E-state index contributed by atoms with van der Waals surface area (Å²) in [6.07, 6.45) is 1.60. The van der Waals surface area contributed by atoms with Crippen LogP contribution in [0.3, 0.4) is 0 Å². The summed E-state index contributed by atoms with van der Waals surface area (Å²) in [6.45, 7) is 0. The van der Waals surface area contributed by atoms with E-state index in [-0.39, 0.29) is 5.75 Å². The molecule has 0 spiro atoms. The first-order chi connectivity index (χ1) is 11.5. The number of carboxylic acid groups (broad SMARTS) is 1. The molecule has 5 heteroatoms. The van der Waals surface area contributed by atoms with Crippen LogP contribution in [0.1, 0.15) is 17.5 Å². The summed E-state index contributed by atoms with van der Waals surface area (Å²) >= 11 is 0. The Labute approximate surface area is 141 Å². The molecule has 0 heterocycles. The topological polar surface area (TPSA) is 76.0 Å². The number of ether oxygens (including phenoxy) is 2. The van der Waals surface area contributed by atoms with E-state index in [1.807, 2.05) is 24.3 Å². The first-order valence-corrected chi connectivity index (χ1v) is 7.75. The molecule has 0 aromatic heterocycles. The van der Waals surface area contributed by atoms with Crippen LogP contribution in [0, 0.1) is 5.92 Å². The van der Waals surface area contributed by atoms with Gasteiger partial charge in [-0.15, -0.1) is 0 Å². The third-order valence-corrected chi connectivity index (χ3v) is 4.02. The first kappa shape index (κ1) is 17.7. The van der Waals surface area contributed by atoms with Gasteiger partial charge in [0.15, 0.2) is 11.5 Å². The number of benzene rings is 2. The van der Waals surface area contributed by atoms with E-state index in [2.05, 4.69) is 0 Å². The van der Waals surface area contributed by atoms with Crippen LogP contribution in [0.15, 0.2) is 42.5 Å². The van der Waals surface area contributed by atoms with Crippen LogP contribution in [0.25, 0.3) is 0 Å². The molecule has 0 saturated carbocycles. The Kier molecular flexibility index (Phi) is 6.07. The van der Waals surface area contributed by atoms with Gasteiger partial charge in [0, 0.05) is 0 Å². The first-order valence-electron chi connectivity index (χ1n) is 7.75. The minimum Gasteiger partial charge on any atom is -0.504 e. The summed E-state index contributed by atoms with van der Waals surface area (Å²) in [6, 6.07) is 12.6. The van der Waals surface area contributed by atoms with Crippen molar-refractivity contribution in [3.8, 4) is 17.2 Å². The second-order valence-corrected chi connectivity index (χ2v) is 5.63. The lowest BCUT2D eigenvalue weighted by Crippen LogP contribution is -2.17. The Morgan fingerprint density at radius 3 is 2.29 bits per heavy atom. The van der Waals surface area contributed by atoms with Crippen molar-refractivity contribution in [2.24, 2.45) is 5.92 Å². The molecule has 0 bridgehead atoms. The summed E-state index contributed by atoms with van der Waals surface area (Å²) in [7, 11) is 3.08. The third-order valence-electron chi connectivity index (χ3n) is 4.02. The highest BCUT2D eigenvalue weighted by atomic mass is 16.5. The molecule has 2 rings (SSSR count). The van der Waals surface area contributed by atoms with Gasteiger partial charge >= 0.3 is 5.97 Å². The molecule has 1 unspecified atom stereocenters. The average molecular weight is 330 g/mol. The van der Waals surface area contributed by atoms with Crippen LogP contribution in [0.2, 0.25) is 0 Å². The van der Waals surface area contributed by atoms with E-state index in [1.165, 1.54) is 13.2 Å². The van der Waals surface area contributed by atoms with E-state index in [9.17, 15) is 15.0 Å². The molecule has 0 amide bonds. The largest absolute Gasteiger partial charge is 0.504 e. The lowest BCUT2D eigenvalue weighted by atomic mass is 9.93. The van der Waals surface area contributed by atoms with Crippen molar-refractivity contribution in [1.82, 2.24) is 0 Å². The normalized spacial score (nSPS) is 11.8. The number of aromatic hydroxyl groups is 1. The van der Waals surface area contributed by atoms with Crippen molar-refractivity contribution >= 4 is 5.97 Å². The lowest BCUT2D eigenvalue weighted by Gasteiger charge is -2.14. The van der Waals surface area contributed by atoms with Crippen LogP contribution in [0.5, 0.6) is 17.2 Å². The van der Waals surface area contributed by atoms with Crippen molar-refractivity contribution in [1.29, 1.82) is 0 Å². The zero-order valence-corrected chi connectivity index (χ0v) is 13.9. The number of aliphatic carboxylic acids is 1. The summed E-state index contributed by atoms with van der Waals surface area (Å²) < 4.78 is 10.2. The number of phenols is 1. The fourth-order valence-electron chi connectivity index (χ4n) is 2.58. The molecular weight excluding hydrogens is 308 g/mol. The molecule has 24 heavy (non-hydrogen) atoms. The Balaban J connectivity index is 2.02. The molecule has 2 aromatic rings. The highest BCUT2D eigenvalue weighted by Gasteiger charge is 2.19. The second kappa shape index (κ2) is 8.24. The van der Waals surface area contributed by atoms with Crippen molar-refractivity contribution in [3.05, 3.63) is 53.6 Å². The van der Waals surface area contributed by atoms with Gasteiger partial charge in [-0.1, -0.05) is 18.2 Å². The zero-order valence-electron chi connectivity index (χ0n) is 13.9. The van der Waals surface area contributed by atoms with Crippen LogP contribution in [-0.2, 0) is 17.6 Å². The van der Waals surface area contributed by atoms with Crippen LogP contribution < -0.4 is 9.47 Å². The molecule has 0 radical (unpaired) electrons.